The fourth-order valence-electron chi connectivity index (χ4n) is 3.92. The summed E-state index contributed by atoms with van der Waals surface area (Å²) in [6.45, 7) is -2.61. The fraction of sp³-hybridized carbons (Fsp3) is 0.529. The molecule has 2 N–H and O–H groups in total. The molecule has 0 aromatic heterocycles. The van der Waals surface area contributed by atoms with Gasteiger partial charge in [0.05, 0.1) is 18.2 Å². The van der Waals surface area contributed by atoms with Crippen LogP contribution in [-0.4, -0.2) is 48.8 Å². The second-order valence-corrected chi connectivity index (χ2v) is 6.60. The number of halogens is 2. The number of nitrogens with zero attached hydrogens (tertiary/aromatic N) is 1. The zero-order chi connectivity index (χ0) is 18.9. The summed E-state index contributed by atoms with van der Waals surface area (Å²) in [5.41, 5.74) is -0.871. The molecule has 1 aromatic carbocycles. The number of likely N-dealkylation sites (tertiary alicyclic amines) is 1. The lowest BCUT2D eigenvalue weighted by Gasteiger charge is -2.23. The topological polar surface area (TPSA) is 88.1 Å². The number of benzene rings is 1. The highest BCUT2D eigenvalue weighted by molar-refractivity contribution is 5.92. The molecule has 1 aliphatic carbocycles. The van der Waals surface area contributed by atoms with E-state index in [-0.39, 0.29) is 23.9 Å². The van der Waals surface area contributed by atoms with E-state index in [2.05, 4.69) is 10.1 Å². The number of urea groups is 1. The van der Waals surface area contributed by atoms with Crippen LogP contribution in [-0.2, 0) is 4.79 Å². The third-order valence-corrected chi connectivity index (χ3v) is 5.23. The van der Waals surface area contributed by atoms with Crippen LogP contribution in [0.4, 0.5) is 19.3 Å². The standard InChI is InChI=1S/C17H20F2N2O5/c1-25-11-4-5-13(26-15(18)19)12(7-11)20-16(24)21-8-10-3-2-6-17(10,9-21)14(22)23/h4-5,7,10,15H,2-3,6,8-9H2,1H3,(H,20,24)(H,22,23)/t10-,17+/m0/s1. The Morgan fingerprint density at radius 2 is 2.19 bits per heavy atom. The Hall–Kier alpha value is -2.58. The minimum absolute atomic E-state index is 0.0380. The highest BCUT2D eigenvalue weighted by Crippen LogP contribution is 2.49. The fourth-order valence-corrected chi connectivity index (χ4v) is 3.92. The van der Waals surface area contributed by atoms with Crippen molar-refractivity contribution < 1.29 is 33.0 Å². The van der Waals surface area contributed by atoms with Crippen LogP contribution in [0.15, 0.2) is 18.2 Å². The maximum absolute atomic E-state index is 12.6. The van der Waals surface area contributed by atoms with Crippen molar-refractivity contribution >= 4 is 17.7 Å². The molecule has 1 saturated carbocycles. The molecule has 2 atom stereocenters. The van der Waals surface area contributed by atoms with Gasteiger partial charge in [0.25, 0.3) is 0 Å². The van der Waals surface area contributed by atoms with Crippen LogP contribution in [0.2, 0.25) is 0 Å². The van der Waals surface area contributed by atoms with Crippen molar-refractivity contribution in [3.63, 3.8) is 0 Å². The molecule has 2 amide bonds. The second kappa shape index (κ2) is 6.97. The van der Waals surface area contributed by atoms with E-state index in [4.69, 9.17) is 4.74 Å². The summed E-state index contributed by atoms with van der Waals surface area (Å²) >= 11 is 0. The third-order valence-electron chi connectivity index (χ3n) is 5.23. The van der Waals surface area contributed by atoms with E-state index in [9.17, 15) is 23.5 Å². The van der Waals surface area contributed by atoms with Crippen molar-refractivity contribution in [2.24, 2.45) is 11.3 Å². The number of amides is 2. The zero-order valence-corrected chi connectivity index (χ0v) is 14.2. The molecule has 2 fully saturated rings. The predicted octanol–water partition coefficient (Wildman–Crippen LogP) is 3.02. The van der Waals surface area contributed by atoms with Crippen LogP contribution in [0.25, 0.3) is 0 Å². The number of methoxy groups -OCH3 is 1. The van der Waals surface area contributed by atoms with E-state index in [1.54, 1.807) is 0 Å². The van der Waals surface area contributed by atoms with Gasteiger partial charge in [0.2, 0.25) is 0 Å². The van der Waals surface area contributed by atoms with Crippen molar-refractivity contribution in [1.82, 2.24) is 4.90 Å². The highest BCUT2D eigenvalue weighted by Gasteiger charge is 2.55. The molecule has 1 saturated heterocycles. The Morgan fingerprint density at radius 3 is 2.81 bits per heavy atom. The second-order valence-electron chi connectivity index (χ2n) is 6.60. The van der Waals surface area contributed by atoms with Gasteiger partial charge in [-0.05, 0) is 30.9 Å². The molecular weight excluding hydrogens is 350 g/mol. The van der Waals surface area contributed by atoms with Crippen LogP contribution in [0.3, 0.4) is 0 Å². The first kappa shape index (κ1) is 18.2. The van der Waals surface area contributed by atoms with Crippen molar-refractivity contribution in [3.05, 3.63) is 18.2 Å². The average Bonchev–Trinajstić information content (AvgIpc) is 3.14. The van der Waals surface area contributed by atoms with Crippen molar-refractivity contribution in [1.29, 1.82) is 0 Å². The molecule has 7 nitrogen and oxygen atoms in total. The number of anilines is 1. The Kier molecular flexibility index (Phi) is 4.88. The van der Waals surface area contributed by atoms with Crippen LogP contribution in [0, 0.1) is 11.3 Å². The van der Waals surface area contributed by atoms with Gasteiger partial charge in [-0.3, -0.25) is 4.79 Å². The predicted molar refractivity (Wildman–Crippen MR) is 87.6 cm³/mol. The number of hydrogen-bond acceptors (Lipinski definition) is 4. The zero-order valence-electron chi connectivity index (χ0n) is 14.2. The van der Waals surface area contributed by atoms with Gasteiger partial charge in [-0.15, -0.1) is 0 Å². The molecule has 0 radical (unpaired) electrons. The molecule has 1 heterocycles. The monoisotopic (exact) mass is 370 g/mol. The molecule has 0 spiro atoms. The first-order valence-electron chi connectivity index (χ1n) is 8.28. The number of rotatable bonds is 5. The highest BCUT2D eigenvalue weighted by atomic mass is 19.3. The van der Waals surface area contributed by atoms with Gasteiger partial charge in [-0.1, -0.05) is 6.42 Å². The van der Waals surface area contributed by atoms with Crippen LogP contribution >= 0.6 is 0 Å². The van der Waals surface area contributed by atoms with E-state index < -0.39 is 24.0 Å². The first-order chi connectivity index (χ1) is 12.4. The average molecular weight is 370 g/mol. The lowest BCUT2D eigenvalue weighted by Crippen LogP contribution is -2.38. The number of fused-ring (bicyclic) bond motifs is 1. The molecule has 0 bridgehead atoms. The number of carbonyl (C=O) groups is 2. The molecular formula is C17H20F2N2O5. The number of carbonyl (C=O) groups excluding carboxylic acids is 1. The first-order valence-corrected chi connectivity index (χ1v) is 8.28. The Balaban J connectivity index is 1.77. The molecule has 1 aliphatic heterocycles. The number of carboxylic acid groups (broad SMARTS) is 1. The summed E-state index contributed by atoms with van der Waals surface area (Å²) in [7, 11) is 1.41. The Bertz CT molecular complexity index is 714. The van der Waals surface area contributed by atoms with E-state index in [1.165, 1.54) is 30.2 Å². The van der Waals surface area contributed by atoms with Gasteiger partial charge in [0.15, 0.2) is 0 Å². The van der Waals surface area contributed by atoms with E-state index in [0.717, 1.165) is 12.8 Å². The number of carboxylic acids is 1. The van der Waals surface area contributed by atoms with Crippen molar-refractivity contribution in [2.45, 2.75) is 25.9 Å². The Morgan fingerprint density at radius 1 is 1.42 bits per heavy atom. The van der Waals surface area contributed by atoms with Crippen molar-refractivity contribution in [3.8, 4) is 11.5 Å². The van der Waals surface area contributed by atoms with Gasteiger partial charge in [0, 0.05) is 19.2 Å². The van der Waals surface area contributed by atoms with E-state index in [0.29, 0.717) is 18.7 Å². The number of ether oxygens (including phenoxy) is 2. The molecule has 1 aromatic rings. The van der Waals surface area contributed by atoms with Crippen LogP contribution in [0.5, 0.6) is 11.5 Å². The maximum Gasteiger partial charge on any atom is 0.387 e. The third kappa shape index (κ3) is 3.25. The van der Waals surface area contributed by atoms with Gasteiger partial charge < -0.3 is 24.8 Å². The number of hydrogen-bond donors (Lipinski definition) is 2. The quantitative estimate of drug-likeness (QED) is 0.832. The smallest absolute Gasteiger partial charge is 0.387 e. The van der Waals surface area contributed by atoms with Crippen LogP contribution < -0.4 is 14.8 Å². The molecule has 0 unspecified atom stereocenters. The summed E-state index contributed by atoms with van der Waals surface area (Å²) < 4.78 is 34.6. The lowest BCUT2D eigenvalue weighted by atomic mass is 9.81. The van der Waals surface area contributed by atoms with Crippen molar-refractivity contribution in [2.75, 3.05) is 25.5 Å². The normalized spacial score (nSPS) is 24.5. The summed E-state index contributed by atoms with van der Waals surface area (Å²) in [5, 5.41) is 12.1. The largest absolute Gasteiger partial charge is 0.497 e. The summed E-state index contributed by atoms with van der Waals surface area (Å²) in [5.74, 6) is -0.810. The van der Waals surface area contributed by atoms with Gasteiger partial charge in [-0.2, -0.15) is 8.78 Å². The van der Waals surface area contributed by atoms with E-state index >= 15 is 0 Å². The van der Waals surface area contributed by atoms with Gasteiger partial charge in [-0.25, -0.2) is 4.79 Å². The summed E-state index contributed by atoms with van der Waals surface area (Å²) in [6, 6.07) is 3.54. The lowest BCUT2D eigenvalue weighted by molar-refractivity contribution is -0.149. The number of nitrogens with one attached hydrogen (secondary N) is 1. The Labute approximate surface area is 148 Å². The molecule has 9 heteroatoms. The molecule has 3 rings (SSSR count). The summed E-state index contributed by atoms with van der Waals surface area (Å²) in [4.78, 5) is 25.7. The molecule has 142 valence electrons. The van der Waals surface area contributed by atoms with Crippen LogP contribution in [0.1, 0.15) is 19.3 Å². The SMILES string of the molecule is COc1ccc(OC(F)F)c(NC(=O)N2C[C@@H]3CCC[C@@]3(C(=O)O)C2)c1. The maximum atomic E-state index is 12.6. The number of alkyl halides is 2. The summed E-state index contributed by atoms with van der Waals surface area (Å²) in [6.07, 6.45) is 2.12. The van der Waals surface area contributed by atoms with Gasteiger partial charge in [0.1, 0.15) is 11.5 Å². The number of aliphatic carboxylic acids is 1. The van der Waals surface area contributed by atoms with E-state index in [1.807, 2.05) is 0 Å². The van der Waals surface area contributed by atoms with Gasteiger partial charge >= 0.3 is 18.6 Å². The minimum Gasteiger partial charge on any atom is -0.497 e. The molecule has 2 aliphatic rings. The molecule has 26 heavy (non-hydrogen) atoms. The minimum atomic E-state index is -3.04.